The monoisotopic (exact) mass is 385 g/mol. The van der Waals surface area contributed by atoms with Crippen LogP contribution in [0.2, 0.25) is 10.0 Å². The van der Waals surface area contributed by atoms with Crippen LogP contribution in [0.4, 0.5) is 0 Å². The van der Waals surface area contributed by atoms with Gasteiger partial charge >= 0.3 is 5.97 Å². The van der Waals surface area contributed by atoms with Gasteiger partial charge in [0.15, 0.2) is 5.69 Å². The zero-order chi connectivity index (χ0) is 18.6. The molecule has 1 aromatic carbocycles. The molecule has 1 amide bonds. The van der Waals surface area contributed by atoms with Crippen LogP contribution in [0.3, 0.4) is 0 Å². The van der Waals surface area contributed by atoms with E-state index in [2.05, 4.69) is 10.4 Å². The van der Waals surface area contributed by atoms with Crippen molar-refractivity contribution in [2.24, 2.45) is 0 Å². The minimum absolute atomic E-state index is 0.0900. The fourth-order valence-electron chi connectivity index (χ4n) is 2.21. The molecule has 0 aliphatic carbocycles. The first-order valence-corrected chi connectivity index (χ1v) is 8.13. The van der Waals surface area contributed by atoms with Crippen molar-refractivity contribution in [1.82, 2.24) is 15.1 Å². The molecule has 134 valence electrons. The summed E-state index contributed by atoms with van der Waals surface area (Å²) < 4.78 is 6.35. The quantitative estimate of drug-likeness (QED) is 0.763. The number of hydrogen-bond donors (Lipinski definition) is 2. The van der Waals surface area contributed by atoms with E-state index < -0.39 is 17.9 Å². The lowest BCUT2D eigenvalue weighted by molar-refractivity contribution is -0.139. The molecule has 2 N–H and O–H groups in total. The van der Waals surface area contributed by atoms with Crippen LogP contribution in [-0.2, 0) is 9.53 Å². The summed E-state index contributed by atoms with van der Waals surface area (Å²) in [6, 6.07) is 5.41. The third kappa shape index (κ3) is 4.72. The van der Waals surface area contributed by atoms with Crippen molar-refractivity contribution in [3.63, 3.8) is 0 Å². The van der Waals surface area contributed by atoms with E-state index in [1.165, 1.54) is 11.8 Å². The van der Waals surface area contributed by atoms with E-state index >= 15 is 0 Å². The van der Waals surface area contributed by atoms with Gasteiger partial charge in [0.1, 0.15) is 6.04 Å². The van der Waals surface area contributed by atoms with Crippen molar-refractivity contribution in [3.05, 3.63) is 45.7 Å². The molecular formula is C16H17Cl2N3O4. The van der Waals surface area contributed by atoms with Gasteiger partial charge in [-0.1, -0.05) is 23.2 Å². The number of ether oxygens (including phenoxy) is 1. The highest BCUT2D eigenvalue weighted by molar-refractivity contribution is 6.35. The molecule has 2 aromatic rings. The third-order valence-corrected chi connectivity index (χ3v) is 4.01. The van der Waals surface area contributed by atoms with Gasteiger partial charge < -0.3 is 15.2 Å². The van der Waals surface area contributed by atoms with Crippen molar-refractivity contribution >= 4 is 35.1 Å². The van der Waals surface area contributed by atoms with E-state index in [0.717, 1.165) is 0 Å². The molecule has 1 heterocycles. The van der Waals surface area contributed by atoms with Crippen molar-refractivity contribution in [1.29, 1.82) is 0 Å². The number of methoxy groups -OCH3 is 1. The average Bonchev–Trinajstić information content (AvgIpc) is 2.93. The Morgan fingerprint density at radius 3 is 2.68 bits per heavy atom. The van der Waals surface area contributed by atoms with E-state index in [0.29, 0.717) is 21.4 Å². The number of carboxylic acid groups (broad SMARTS) is 1. The number of carbonyl (C=O) groups excluding carboxylic acids is 1. The summed E-state index contributed by atoms with van der Waals surface area (Å²) in [7, 11) is 1.46. The SMILES string of the molecule is COCCC(NC(=O)c1cc(C)n(-c2ccc(Cl)cc2Cl)n1)C(=O)O. The Bertz CT molecular complexity index is 792. The van der Waals surface area contributed by atoms with Crippen molar-refractivity contribution < 1.29 is 19.4 Å². The van der Waals surface area contributed by atoms with Crippen LogP contribution in [-0.4, -0.2) is 46.5 Å². The molecule has 1 unspecified atom stereocenters. The number of carbonyl (C=O) groups is 2. The average molecular weight is 386 g/mol. The molecule has 1 aromatic heterocycles. The second-order valence-corrected chi connectivity index (χ2v) is 6.17. The molecule has 9 heteroatoms. The maximum atomic E-state index is 12.3. The first-order chi connectivity index (χ1) is 11.8. The number of rotatable bonds is 7. The number of amides is 1. The molecule has 0 spiro atoms. The second kappa shape index (κ2) is 8.33. The lowest BCUT2D eigenvalue weighted by Gasteiger charge is -2.12. The smallest absolute Gasteiger partial charge is 0.326 e. The number of nitrogens with zero attached hydrogens (tertiary/aromatic N) is 2. The fraction of sp³-hybridized carbons (Fsp3) is 0.312. The predicted molar refractivity (Wildman–Crippen MR) is 93.7 cm³/mol. The molecular weight excluding hydrogens is 369 g/mol. The predicted octanol–water partition coefficient (Wildman–Crippen LogP) is 2.71. The first-order valence-electron chi connectivity index (χ1n) is 7.38. The van der Waals surface area contributed by atoms with Crippen LogP contribution < -0.4 is 5.32 Å². The summed E-state index contributed by atoms with van der Waals surface area (Å²) in [5, 5.41) is 16.7. The molecule has 7 nitrogen and oxygen atoms in total. The normalized spacial score (nSPS) is 12.0. The third-order valence-electron chi connectivity index (χ3n) is 3.47. The highest BCUT2D eigenvalue weighted by Gasteiger charge is 2.22. The van der Waals surface area contributed by atoms with E-state index in [1.54, 1.807) is 31.2 Å². The number of carboxylic acids is 1. The van der Waals surface area contributed by atoms with E-state index in [9.17, 15) is 14.7 Å². The zero-order valence-electron chi connectivity index (χ0n) is 13.6. The summed E-state index contributed by atoms with van der Waals surface area (Å²) in [6.45, 7) is 1.97. The van der Waals surface area contributed by atoms with Crippen LogP contribution in [0.1, 0.15) is 22.6 Å². The zero-order valence-corrected chi connectivity index (χ0v) is 15.1. The van der Waals surface area contributed by atoms with E-state index in [4.69, 9.17) is 27.9 Å². The van der Waals surface area contributed by atoms with E-state index in [-0.39, 0.29) is 18.7 Å². The highest BCUT2D eigenvalue weighted by Crippen LogP contribution is 2.25. The minimum atomic E-state index is -1.14. The van der Waals surface area contributed by atoms with E-state index in [1.807, 2.05) is 0 Å². The van der Waals surface area contributed by atoms with Crippen LogP contribution in [0.15, 0.2) is 24.3 Å². The van der Waals surface area contributed by atoms with Gasteiger partial charge in [-0.05, 0) is 31.2 Å². The maximum Gasteiger partial charge on any atom is 0.326 e. The molecule has 0 radical (unpaired) electrons. The Kier molecular flexibility index (Phi) is 6.41. The molecule has 1 atom stereocenters. The number of hydrogen-bond acceptors (Lipinski definition) is 4. The fourth-order valence-corrected chi connectivity index (χ4v) is 2.70. The van der Waals surface area contributed by atoms with Crippen molar-refractivity contribution in [3.8, 4) is 5.69 Å². The number of aromatic nitrogens is 2. The summed E-state index contributed by atoms with van der Waals surface area (Å²) >= 11 is 12.1. The topological polar surface area (TPSA) is 93.5 Å². The van der Waals surface area contributed by atoms with Gasteiger partial charge in [-0.2, -0.15) is 5.10 Å². The molecule has 0 aliphatic heterocycles. The summed E-state index contributed by atoms with van der Waals surface area (Å²) in [5.41, 5.74) is 1.32. The van der Waals surface area contributed by atoms with Crippen molar-refractivity contribution in [2.45, 2.75) is 19.4 Å². The van der Waals surface area contributed by atoms with Crippen molar-refractivity contribution in [2.75, 3.05) is 13.7 Å². The molecule has 0 fully saturated rings. The number of benzene rings is 1. The molecule has 0 saturated carbocycles. The lowest BCUT2D eigenvalue weighted by Crippen LogP contribution is -2.41. The molecule has 0 saturated heterocycles. The minimum Gasteiger partial charge on any atom is -0.480 e. The van der Waals surface area contributed by atoms with Gasteiger partial charge in [0.05, 0.1) is 10.7 Å². The molecule has 0 aliphatic rings. The van der Waals surface area contributed by atoms with Crippen LogP contribution >= 0.6 is 23.2 Å². The second-order valence-electron chi connectivity index (χ2n) is 5.32. The van der Waals surface area contributed by atoms with Gasteiger partial charge in [-0.3, -0.25) is 4.79 Å². The van der Waals surface area contributed by atoms with Gasteiger partial charge in [0.2, 0.25) is 0 Å². The summed E-state index contributed by atoms with van der Waals surface area (Å²) in [5.74, 6) is -1.72. The van der Waals surface area contributed by atoms with Crippen LogP contribution in [0.25, 0.3) is 5.69 Å². The van der Waals surface area contributed by atoms with Gasteiger partial charge in [0, 0.05) is 30.9 Å². The summed E-state index contributed by atoms with van der Waals surface area (Å²) in [6.07, 6.45) is 0.153. The lowest BCUT2D eigenvalue weighted by atomic mass is 10.2. The van der Waals surface area contributed by atoms with Gasteiger partial charge in [0.25, 0.3) is 5.91 Å². The standard InChI is InChI=1S/C16H17Cl2N3O4/c1-9-7-13(15(22)19-12(16(23)24)5-6-25-2)20-21(9)14-4-3-10(17)8-11(14)18/h3-4,7-8,12H,5-6H2,1-2H3,(H,19,22)(H,23,24). The molecule has 2 rings (SSSR count). The molecule has 0 bridgehead atoms. The first kappa shape index (κ1) is 19.2. The number of aryl methyl sites for hydroxylation is 1. The summed E-state index contributed by atoms with van der Waals surface area (Å²) in [4.78, 5) is 23.5. The van der Waals surface area contributed by atoms with Gasteiger partial charge in [-0.15, -0.1) is 0 Å². The maximum absolute atomic E-state index is 12.3. The highest BCUT2D eigenvalue weighted by atomic mass is 35.5. The number of halogens is 2. The largest absolute Gasteiger partial charge is 0.480 e. The van der Waals surface area contributed by atoms with Crippen LogP contribution in [0, 0.1) is 6.92 Å². The Balaban J connectivity index is 2.23. The number of aliphatic carboxylic acids is 1. The van der Waals surface area contributed by atoms with Crippen LogP contribution in [0.5, 0.6) is 0 Å². The Labute approximate surface area is 154 Å². The number of nitrogens with one attached hydrogen (secondary N) is 1. The Hall–Kier alpha value is -2.09. The van der Waals surface area contributed by atoms with Gasteiger partial charge in [-0.25, -0.2) is 9.48 Å². The Morgan fingerprint density at radius 2 is 2.08 bits per heavy atom. The molecule has 25 heavy (non-hydrogen) atoms. The Morgan fingerprint density at radius 1 is 1.36 bits per heavy atom.